The highest BCUT2D eigenvalue weighted by molar-refractivity contribution is 6.32. The SMILES string of the molecule is CCn1nc(C)c(Cl)c1CC(N)c1cccc(F)c1Cl. The van der Waals surface area contributed by atoms with Gasteiger partial charge < -0.3 is 5.73 Å². The van der Waals surface area contributed by atoms with E-state index < -0.39 is 11.9 Å². The van der Waals surface area contributed by atoms with E-state index in [0.29, 0.717) is 23.6 Å². The molecular formula is C14H16Cl2FN3. The van der Waals surface area contributed by atoms with Crippen LogP contribution in [-0.4, -0.2) is 9.78 Å². The fourth-order valence-electron chi connectivity index (χ4n) is 2.19. The first-order valence-electron chi connectivity index (χ1n) is 6.37. The van der Waals surface area contributed by atoms with E-state index in [0.717, 1.165) is 11.4 Å². The van der Waals surface area contributed by atoms with Gasteiger partial charge in [0.1, 0.15) is 5.82 Å². The maximum Gasteiger partial charge on any atom is 0.142 e. The van der Waals surface area contributed by atoms with Crippen LogP contribution in [0.4, 0.5) is 4.39 Å². The lowest BCUT2D eigenvalue weighted by molar-refractivity contribution is 0.582. The van der Waals surface area contributed by atoms with Gasteiger partial charge in [-0.05, 0) is 25.5 Å². The van der Waals surface area contributed by atoms with Gasteiger partial charge in [0.25, 0.3) is 0 Å². The third kappa shape index (κ3) is 2.82. The van der Waals surface area contributed by atoms with Crippen molar-refractivity contribution in [1.29, 1.82) is 0 Å². The Kier molecular flexibility index (Phi) is 4.68. The normalized spacial score (nSPS) is 12.7. The first kappa shape index (κ1) is 15.3. The van der Waals surface area contributed by atoms with E-state index in [2.05, 4.69) is 5.10 Å². The van der Waals surface area contributed by atoms with E-state index in [-0.39, 0.29) is 5.02 Å². The Labute approximate surface area is 127 Å². The van der Waals surface area contributed by atoms with Crippen molar-refractivity contribution < 1.29 is 4.39 Å². The number of hydrogen-bond acceptors (Lipinski definition) is 2. The van der Waals surface area contributed by atoms with E-state index in [1.807, 2.05) is 18.5 Å². The van der Waals surface area contributed by atoms with Gasteiger partial charge in [-0.15, -0.1) is 0 Å². The van der Waals surface area contributed by atoms with Crippen molar-refractivity contribution in [2.75, 3.05) is 0 Å². The van der Waals surface area contributed by atoms with Gasteiger partial charge in [0.15, 0.2) is 0 Å². The van der Waals surface area contributed by atoms with Crippen molar-refractivity contribution in [3.63, 3.8) is 0 Å². The molecule has 20 heavy (non-hydrogen) atoms. The van der Waals surface area contributed by atoms with Crippen molar-refractivity contribution in [3.05, 3.63) is 51.0 Å². The van der Waals surface area contributed by atoms with Crippen molar-refractivity contribution in [1.82, 2.24) is 9.78 Å². The molecule has 2 aromatic rings. The number of aromatic nitrogens is 2. The van der Waals surface area contributed by atoms with Crippen LogP contribution < -0.4 is 5.73 Å². The smallest absolute Gasteiger partial charge is 0.142 e. The topological polar surface area (TPSA) is 43.8 Å². The Hall–Kier alpha value is -1.10. The van der Waals surface area contributed by atoms with Gasteiger partial charge in [-0.2, -0.15) is 5.10 Å². The third-order valence-corrected chi connectivity index (χ3v) is 4.14. The third-order valence-electron chi connectivity index (χ3n) is 3.25. The van der Waals surface area contributed by atoms with Gasteiger partial charge in [0.2, 0.25) is 0 Å². The average Bonchev–Trinajstić information content (AvgIpc) is 2.69. The molecule has 108 valence electrons. The molecule has 1 aromatic heterocycles. The molecule has 1 heterocycles. The summed E-state index contributed by atoms with van der Waals surface area (Å²) in [5.74, 6) is -0.467. The first-order valence-corrected chi connectivity index (χ1v) is 7.12. The minimum Gasteiger partial charge on any atom is -0.324 e. The fourth-order valence-corrected chi connectivity index (χ4v) is 2.67. The zero-order valence-corrected chi connectivity index (χ0v) is 12.8. The standard InChI is InChI=1S/C14H16Cl2FN3/c1-3-20-12(13(15)8(2)19-20)7-11(18)9-5-4-6-10(17)14(9)16/h4-6,11H,3,7,18H2,1-2H3. The fraction of sp³-hybridized carbons (Fsp3) is 0.357. The molecule has 0 spiro atoms. The van der Waals surface area contributed by atoms with Gasteiger partial charge in [-0.25, -0.2) is 4.39 Å². The Bertz CT molecular complexity index is 625. The molecule has 0 aliphatic heterocycles. The number of halogens is 3. The van der Waals surface area contributed by atoms with E-state index in [4.69, 9.17) is 28.9 Å². The summed E-state index contributed by atoms with van der Waals surface area (Å²) in [4.78, 5) is 0. The summed E-state index contributed by atoms with van der Waals surface area (Å²) in [5.41, 5.74) is 8.33. The molecule has 6 heteroatoms. The van der Waals surface area contributed by atoms with Crippen LogP contribution in [0.2, 0.25) is 10.0 Å². The van der Waals surface area contributed by atoms with Crippen LogP contribution in [0, 0.1) is 12.7 Å². The molecule has 1 atom stereocenters. The van der Waals surface area contributed by atoms with Gasteiger partial charge in [-0.3, -0.25) is 4.68 Å². The van der Waals surface area contributed by atoms with Gasteiger partial charge in [0.05, 0.1) is 21.4 Å². The quantitative estimate of drug-likeness (QED) is 0.929. The zero-order chi connectivity index (χ0) is 14.9. The Morgan fingerprint density at radius 1 is 1.35 bits per heavy atom. The molecule has 0 aliphatic rings. The van der Waals surface area contributed by atoms with E-state index in [1.54, 1.807) is 12.1 Å². The largest absolute Gasteiger partial charge is 0.324 e. The lowest BCUT2D eigenvalue weighted by atomic mass is 10.0. The number of benzene rings is 1. The second-order valence-electron chi connectivity index (χ2n) is 4.62. The summed E-state index contributed by atoms with van der Waals surface area (Å²) in [6.45, 7) is 4.53. The van der Waals surface area contributed by atoms with Crippen LogP contribution in [0.25, 0.3) is 0 Å². The second kappa shape index (κ2) is 6.12. The molecule has 0 bridgehead atoms. The van der Waals surface area contributed by atoms with Crippen LogP contribution in [0.5, 0.6) is 0 Å². The Morgan fingerprint density at radius 3 is 2.70 bits per heavy atom. The number of nitrogens with zero attached hydrogens (tertiary/aromatic N) is 2. The molecule has 2 rings (SSSR count). The van der Waals surface area contributed by atoms with E-state index >= 15 is 0 Å². The Morgan fingerprint density at radius 2 is 2.05 bits per heavy atom. The van der Waals surface area contributed by atoms with Crippen LogP contribution >= 0.6 is 23.2 Å². The van der Waals surface area contributed by atoms with Crippen molar-refractivity contribution >= 4 is 23.2 Å². The summed E-state index contributed by atoms with van der Waals surface area (Å²) in [7, 11) is 0. The van der Waals surface area contributed by atoms with Crippen molar-refractivity contribution in [3.8, 4) is 0 Å². The van der Waals surface area contributed by atoms with Gasteiger partial charge in [0, 0.05) is 19.0 Å². The molecule has 2 N–H and O–H groups in total. The molecular weight excluding hydrogens is 300 g/mol. The van der Waals surface area contributed by atoms with Gasteiger partial charge >= 0.3 is 0 Å². The molecule has 0 saturated carbocycles. The predicted octanol–water partition coefficient (Wildman–Crippen LogP) is 3.90. The van der Waals surface area contributed by atoms with Crippen LogP contribution in [0.3, 0.4) is 0 Å². The van der Waals surface area contributed by atoms with E-state index in [1.165, 1.54) is 6.07 Å². The first-order chi connectivity index (χ1) is 9.45. The highest BCUT2D eigenvalue weighted by atomic mass is 35.5. The highest BCUT2D eigenvalue weighted by Crippen LogP contribution is 2.29. The maximum absolute atomic E-state index is 13.5. The van der Waals surface area contributed by atoms with Gasteiger partial charge in [-0.1, -0.05) is 35.3 Å². The second-order valence-corrected chi connectivity index (χ2v) is 5.37. The number of rotatable bonds is 4. The molecule has 0 radical (unpaired) electrons. The number of nitrogens with two attached hydrogens (primary N) is 1. The van der Waals surface area contributed by atoms with Crippen molar-refractivity contribution in [2.45, 2.75) is 32.9 Å². The molecule has 0 saturated heterocycles. The summed E-state index contributed by atoms with van der Waals surface area (Å²) in [6, 6.07) is 4.20. The molecule has 1 aromatic carbocycles. The molecule has 3 nitrogen and oxygen atoms in total. The van der Waals surface area contributed by atoms with Crippen LogP contribution in [-0.2, 0) is 13.0 Å². The number of aryl methyl sites for hydroxylation is 2. The van der Waals surface area contributed by atoms with Crippen LogP contribution in [0.1, 0.15) is 29.9 Å². The molecule has 0 aliphatic carbocycles. The summed E-state index contributed by atoms with van der Waals surface area (Å²) >= 11 is 12.2. The van der Waals surface area contributed by atoms with E-state index in [9.17, 15) is 4.39 Å². The summed E-state index contributed by atoms with van der Waals surface area (Å²) < 4.78 is 15.3. The molecule has 1 unspecified atom stereocenters. The lowest BCUT2D eigenvalue weighted by Crippen LogP contribution is -2.17. The zero-order valence-electron chi connectivity index (χ0n) is 11.3. The van der Waals surface area contributed by atoms with Crippen LogP contribution in [0.15, 0.2) is 18.2 Å². The minimum absolute atomic E-state index is 0.0652. The molecule has 0 amide bonds. The highest BCUT2D eigenvalue weighted by Gasteiger charge is 2.19. The monoisotopic (exact) mass is 315 g/mol. The molecule has 0 fully saturated rings. The lowest BCUT2D eigenvalue weighted by Gasteiger charge is -2.15. The number of hydrogen-bond donors (Lipinski definition) is 1. The predicted molar refractivity (Wildman–Crippen MR) is 79.7 cm³/mol. The average molecular weight is 316 g/mol. The summed E-state index contributed by atoms with van der Waals surface area (Å²) in [6.07, 6.45) is 0.455. The maximum atomic E-state index is 13.5. The summed E-state index contributed by atoms with van der Waals surface area (Å²) in [5, 5.41) is 5.01. The van der Waals surface area contributed by atoms with Crippen molar-refractivity contribution in [2.24, 2.45) is 5.73 Å². The Balaban J connectivity index is 2.32. The minimum atomic E-state index is -0.467.